The molecule has 0 atom stereocenters. The molecule has 2 N–H and O–H groups in total. The molecule has 4 rings (SSSR count). The van der Waals surface area contributed by atoms with Crippen LogP contribution in [0.5, 0.6) is 0 Å². The molecule has 0 heterocycles. The van der Waals surface area contributed by atoms with Crippen LogP contribution in [0.2, 0.25) is 0 Å². The summed E-state index contributed by atoms with van der Waals surface area (Å²) in [5, 5.41) is 12.4. The Balaban J connectivity index is 1.46. The summed E-state index contributed by atoms with van der Waals surface area (Å²) < 4.78 is 41.5. The van der Waals surface area contributed by atoms with Crippen molar-refractivity contribution in [1.82, 2.24) is 10.2 Å². The van der Waals surface area contributed by atoms with Gasteiger partial charge in [-0.15, -0.1) is 0 Å². The van der Waals surface area contributed by atoms with E-state index in [4.69, 9.17) is 0 Å². The molecule has 11 heteroatoms. The van der Waals surface area contributed by atoms with Crippen molar-refractivity contribution >= 4 is 49.6 Å². The highest BCUT2D eigenvalue weighted by Crippen LogP contribution is 2.37. The fourth-order valence-electron chi connectivity index (χ4n) is 5.09. The normalized spacial score (nSPS) is 11.3. The van der Waals surface area contributed by atoms with E-state index in [2.05, 4.69) is 56.2 Å². The highest BCUT2D eigenvalue weighted by atomic mass is 79.9. The van der Waals surface area contributed by atoms with Crippen LogP contribution in [-0.4, -0.2) is 27.8 Å². The molecule has 0 aliphatic rings. The van der Waals surface area contributed by atoms with Gasteiger partial charge in [0.1, 0.15) is 0 Å². The molecule has 47 heavy (non-hydrogen) atoms. The Morgan fingerprint density at radius 3 is 2.00 bits per heavy atom. The van der Waals surface area contributed by atoms with Gasteiger partial charge < -0.3 is 15.3 Å². The zero-order chi connectivity index (χ0) is 34.1. The van der Waals surface area contributed by atoms with Gasteiger partial charge in [0.15, 0.2) is 0 Å². The summed E-state index contributed by atoms with van der Waals surface area (Å²) in [6, 6.07) is 22.7. The summed E-state index contributed by atoms with van der Waals surface area (Å²) in [5.74, 6) is -3.12. The summed E-state index contributed by atoms with van der Waals surface area (Å²) in [4.78, 5) is 38.5. The molecule has 0 aliphatic heterocycles. The van der Waals surface area contributed by atoms with Gasteiger partial charge in [-0.25, -0.2) is 4.79 Å². The molecule has 2 amide bonds. The zero-order valence-electron chi connectivity index (χ0n) is 25.5. The van der Waals surface area contributed by atoms with E-state index in [1.54, 1.807) is 24.3 Å². The van der Waals surface area contributed by atoms with Gasteiger partial charge in [-0.3, -0.25) is 9.59 Å². The van der Waals surface area contributed by atoms with Gasteiger partial charge in [0, 0.05) is 34.1 Å². The molecule has 0 aromatic heterocycles. The van der Waals surface area contributed by atoms with Gasteiger partial charge in [0.2, 0.25) is 0 Å². The smallest absolute Gasteiger partial charge is 0.417 e. The van der Waals surface area contributed by atoms with Crippen molar-refractivity contribution in [3.05, 3.63) is 127 Å². The second-order valence-electron chi connectivity index (χ2n) is 11.1. The fraction of sp³-hybridized carbons (Fsp3) is 0.250. The monoisotopic (exact) mass is 772 g/mol. The third-order valence-electron chi connectivity index (χ3n) is 7.64. The number of aliphatic carboxylic acids is 1. The van der Waals surface area contributed by atoms with Crippen molar-refractivity contribution in [2.24, 2.45) is 0 Å². The lowest BCUT2D eigenvalue weighted by Crippen LogP contribution is -2.35. The number of hydrogen-bond acceptors (Lipinski definition) is 3. The molecule has 0 radical (unpaired) electrons. The lowest BCUT2D eigenvalue weighted by Gasteiger charge is -2.23. The van der Waals surface area contributed by atoms with E-state index in [1.807, 2.05) is 12.1 Å². The van der Waals surface area contributed by atoms with Crippen LogP contribution < -0.4 is 5.32 Å². The summed E-state index contributed by atoms with van der Waals surface area (Å²) in [7, 11) is 0. The molecular formula is C36H33Br2F3N2O4. The van der Waals surface area contributed by atoms with E-state index < -0.39 is 23.6 Å². The van der Waals surface area contributed by atoms with Crippen LogP contribution in [0.1, 0.15) is 64.4 Å². The van der Waals surface area contributed by atoms with Crippen molar-refractivity contribution < 1.29 is 32.7 Å². The first kappa shape index (κ1) is 35.9. The van der Waals surface area contributed by atoms with Gasteiger partial charge in [0.05, 0.1) is 5.56 Å². The number of hydrogen-bond donors (Lipinski definition) is 2. The first-order chi connectivity index (χ1) is 22.4. The van der Waals surface area contributed by atoms with Gasteiger partial charge >= 0.3 is 18.1 Å². The standard InChI is InChI=1S/C36H33Br2F3N2O4/c1-2-3-4-7-23-10-12-24(13-11-23)20-42-33(44)27-18-31(37)29(32(38)19-27)22-43(34(45)35(46)47)21-25-14-16-26(17-15-25)28-8-5-6-9-30(28)36(39,40)41/h5-6,8-19H,2-4,7,20-22H2,1H3,(H,42,44)(H,46,47). The Morgan fingerprint density at radius 1 is 0.809 bits per heavy atom. The molecule has 0 unspecified atom stereocenters. The van der Waals surface area contributed by atoms with E-state index in [-0.39, 0.29) is 24.6 Å². The number of nitrogens with zero attached hydrogens (tertiary/aromatic N) is 1. The second kappa shape index (κ2) is 16.2. The second-order valence-corrected chi connectivity index (χ2v) is 12.8. The van der Waals surface area contributed by atoms with Gasteiger partial charge in [-0.05, 0) is 64.4 Å². The SMILES string of the molecule is CCCCCc1ccc(CNC(=O)c2cc(Br)c(CN(Cc3ccc(-c4ccccc4C(F)(F)F)cc3)C(=O)C(=O)O)c(Br)c2)cc1. The number of carboxylic acid groups (broad SMARTS) is 1. The third kappa shape index (κ3) is 9.77. The third-order valence-corrected chi connectivity index (χ3v) is 9.05. The number of carboxylic acids is 1. The van der Waals surface area contributed by atoms with E-state index in [0.29, 0.717) is 37.7 Å². The lowest BCUT2D eigenvalue weighted by molar-refractivity contribution is -0.156. The van der Waals surface area contributed by atoms with E-state index in [9.17, 15) is 32.7 Å². The van der Waals surface area contributed by atoms with Crippen LogP contribution in [-0.2, 0) is 41.8 Å². The molecule has 4 aromatic rings. The predicted molar refractivity (Wildman–Crippen MR) is 181 cm³/mol. The maximum absolute atomic E-state index is 13.5. The fourth-order valence-corrected chi connectivity index (χ4v) is 6.53. The van der Waals surface area contributed by atoms with Gasteiger partial charge in [-0.2, -0.15) is 13.2 Å². The lowest BCUT2D eigenvalue weighted by atomic mass is 9.98. The quantitative estimate of drug-likeness (QED) is 0.111. The number of alkyl halides is 3. The van der Waals surface area contributed by atoms with Crippen molar-refractivity contribution in [1.29, 1.82) is 0 Å². The molecule has 246 valence electrons. The molecule has 0 saturated heterocycles. The average Bonchev–Trinajstić information content (AvgIpc) is 3.05. The highest BCUT2D eigenvalue weighted by Gasteiger charge is 2.33. The first-order valence-corrected chi connectivity index (χ1v) is 16.6. The maximum Gasteiger partial charge on any atom is 0.417 e. The van der Waals surface area contributed by atoms with Crippen LogP contribution in [0, 0.1) is 0 Å². The molecular weight excluding hydrogens is 741 g/mol. The number of carbonyl (C=O) groups is 3. The van der Waals surface area contributed by atoms with E-state index in [0.717, 1.165) is 29.4 Å². The Labute approximate surface area is 288 Å². The summed E-state index contributed by atoms with van der Waals surface area (Å²) in [6.45, 7) is 2.26. The van der Waals surface area contributed by atoms with Crippen molar-refractivity contribution in [2.75, 3.05) is 0 Å². The van der Waals surface area contributed by atoms with E-state index in [1.165, 1.54) is 48.7 Å². The largest absolute Gasteiger partial charge is 0.474 e. The molecule has 0 aliphatic carbocycles. The molecule has 0 fully saturated rings. The highest BCUT2D eigenvalue weighted by molar-refractivity contribution is 9.11. The van der Waals surface area contributed by atoms with Crippen molar-refractivity contribution in [2.45, 2.75) is 58.4 Å². The summed E-state index contributed by atoms with van der Waals surface area (Å²) in [5.41, 5.74) is 3.21. The number of rotatable bonds is 12. The summed E-state index contributed by atoms with van der Waals surface area (Å²) >= 11 is 6.93. The predicted octanol–water partition coefficient (Wildman–Crippen LogP) is 9.17. The van der Waals surface area contributed by atoms with Gasteiger partial charge in [0.25, 0.3) is 5.91 Å². The van der Waals surface area contributed by atoms with Crippen molar-refractivity contribution in [3.8, 4) is 11.1 Å². The van der Waals surface area contributed by atoms with Crippen LogP contribution in [0.3, 0.4) is 0 Å². The summed E-state index contributed by atoms with van der Waals surface area (Å²) in [6.07, 6.45) is -0.00468. The maximum atomic E-state index is 13.5. The van der Waals surface area contributed by atoms with Crippen LogP contribution in [0.4, 0.5) is 13.2 Å². The van der Waals surface area contributed by atoms with Crippen LogP contribution in [0.15, 0.2) is 93.9 Å². The molecule has 4 aromatic carbocycles. The Kier molecular flexibility index (Phi) is 12.4. The number of nitrogens with one attached hydrogen (secondary N) is 1. The Bertz CT molecular complexity index is 1700. The number of halogens is 5. The molecule has 0 spiro atoms. The minimum atomic E-state index is -4.53. The van der Waals surface area contributed by atoms with Crippen LogP contribution in [0.25, 0.3) is 11.1 Å². The molecule has 6 nitrogen and oxygen atoms in total. The van der Waals surface area contributed by atoms with E-state index >= 15 is 0 Å². The number of benzene rings is 4. The Morgan fingerprint density at radius 2 is 1.40 bits per heavy atom. The average molecular weight is 774 g/mol. The number of amides is 2. The molecule has 0 bridgehead atoms. The first-order valence-electron chi connectivity index (χ1n) is 15.0. The van der Waals surface area contributed by atoms with Crippen LogP contribution >= 0.6 is 31.9 Å². The van der Waals surface area contributed by atoms with Crippen molar-refractivity contribution in [3.63, 3.8) is 0 Å². The number of carbonyl (C=O) groups excluding carboxylic acids is 2. The minimum absolute atomic E-state index is 0.0118. The minimum Gasteiger partial charge on any atom is -0.474 e. The Hall–Kier alpha value is -3.96. The number of aryl methyl sites for hydroxylation is 1. The number of unbranched alkanes of at least 4 members (excludes halogenated alkanes) is 2. The topological polar surface area (TPSA) is 86.7 Å². The van der Waals surface area contributed by atoms with Gasteiger partial charge in [-0.1, -0.05) is 118 Å². The zero-order valence-corrected chi connectivity index (χ0v) is 28.7. The molecule has 0 saturated carbocycles.